The Morgan fingerprint density at radius 2 is 2.43 bits per heavy atom. The van der Waals surface area contributed by atoms with E-state index < -0.39 is 0 Å². The van der Waals surface area contributed by atoms with Gasteiger partial charge in [0, 0.05) is 43.7 Å². The Bertz CT molecular complexity index is 358. The number of pyridine rings is 1. The zero-order chi connectivity index (χ0) is 9.97. The van der Waals surface area contributed by atoms with Crippen LogP contribution >= 0.6 is 0 Å². The van der Waals surface area contributed by atoms with Crippen LogP contribution in [0.1, 0.15) is 12.5 Å². The second kappa shape index (κ2) is 3.70. The summed E-state index contributed by atoms with van der Waals surface area (Å²) < 4.78 is 0. The Labute approximate surface area is 84.5 Å². The lowest BCUT2D eigenvalue weighted by Gasteiger charge is -2.26. The van der Waals surface area contributed by atoms with Crippen LogP contribution in [0.4, 0.5) is 11.5 Å². The number of hydrogen-bond acceptors (Lipinski definition) is 3. The highest BCUT2D eigenvalue weighted by molar-refractivity contribution is 5.72. The number of rotatable bonds is 2. The van der Waals surface area contributed by atoms with Gasteiger partial charge in [-0.15, -0.1) is 0 Å². The Morgan fingerprint density at radius 3 is 3.14 bits per heavy atom. The standard InChI is InChI=1S/C11H15N3/c1-3-14-6-4-5-9-8-13-11(12-2)7-10(9)14/h4-5,7-8H,3,6H2,1-2H3,(H,12,13). The lowest BCUT2D eigenvalue weighted by Crippen LogP contribution is -2.25. The van der Waals surface area contributed by atoms with Crippen molar-refractivity contribution in [1.29, 1.82) is 0 Å². The molecule has 1 aliphatic heterocycles. The normalized spacial score (nSPS) is 14.0. The van der Waals surface area contributed by atoms with Crippen molar-refractivity contribution < 1.29 is 0 Å². The molecule has 0 spiro atoms. The van der Waals surface area contributed by atoms with Crippen LogP contribution in [0.25, 0.3) is 6.08 Å². The molecular weight excluding hydrogens is 174 g/mol. The van der Waals surface area contributed by atoms with Crippen molar-refractivity contribution in [2.45, 2.75) is 6.92 Å². The predicted octanol–water partition coefficient (Wildman–Crippen LogP) is 1.98. The summed E-state index contributed by atoms with van der Waals surface area (Å²) in [6, 6.07) is 2.10. The van der Waals surface area contributed by atoms with E-state index in [2.05, 4.69) is 40.3 Å². The van der Waals surface area contributed by atoms with Crippen LogP contribution in [0.15, 0.2) is 18.3 Å². The van der Waals surface area contributed by atoms with E-state index in [0.717, 1.165) is 18.9 Å². The number of nitrogens with zero attached hydrogens (tertiary/aromatic N) is 2. The summed E-state index contributed by atoms with van der Waals surface area (Å²) in [6.45, 7) is 4.20. The fourth-order valence-electron chi connectivity index (χ4n) is 1.70. The molecule has 0 fully saturated rings. The van der Waals surface area contributed by atoms with Crippen molar-refractivity contribution in [2.75, 3.05) is 30.4 Å². The molecule has 0 atom stereocenters. The molecule has 0 radical (unpaired) electrons. The second-order valence-electron chi connectivity index (χ2n) is 3.32. The first-order valence-electron chi connectivity index (χ1n) is 4.94. The molecule has 0 bridgehead atoms. The number of nitrogens with one attached hydrogen (secondary N) is 1. The third-order valence-electron chi connectivity index (χ3n) is 2.51. The van der Waals surface area contributed by atoms with E-state index in [4.69, 9.17) is 0 Å². The Morgan fingerprint density at radius 1 is 1.57 bits per heavy atom. The van der Waals surface area contributed by atoms with Gasteiger partial charge in [0.25, 0.3) is 0 Å². The van der Waals surface area contributed by atoms with Crippen molar-refractivity contribution in [3.63, 3.8) is 0 Å². The number of hydrogen-bond donors (Lipinski definition) is 1. The van der Waals surface area contributed by atoms with E-state index in [1.807, 2.05) is 13.2 Å². The third kappa shape index (κ3) is 1.45. The average Bonchev–Trinajstić information content (AvgIpc) is 2.27. The molecule has 3 heteroatoms. The number of likely N-dealkylation sites (N-methyl/N-ethyl adjacent to an activating group) is 1. The SMILES string of the molecule is CCN1CC=Cc2cnc(NC)cc21. The molecule has 3 nitrogen and oxygen atoms in total. The van der Waals surface area contributed by atoms with Gasteiger partial charge < -0.3 is 10.2 Å². The molecule has 74 valence electrons. The highest BCUT2D eigenvalue weighted by atomic mass is 15.1. The molecule has 0 aromatic carbocycles. The Hall–Kier alpha value is -1.51. The van der Waals surface area contributed by atoms with Gasteiger partial charge in [-0.25, -0.2) is 4.98 Å². The van der Waals surface area contributed by atoms with Gasteiger partial charge in [0.2, 0.25) is 0 Å². The van der Waals surface area contributed by atoms with Crippen molar-refractivity contribution in [3.05, 3.63) is 23.9 Å². The molecule has 14 heavy (non-hydrogen) atoms. The minimum absolute atomic E-state index is 0.928. The van der Waals surface area contributed by atoms with Gasteiger partial charge in [-0.2, -0.15) is 0 Å². The molecule has 0 saturated carbocycles. The van der Waals surface area contributed by atoms with Gasteiger partial charge in [-0.3, -0.25) is 0 Å². The smallest absolute Gasteiger partial charge is 0.127 e. The molecule has 0 amide bonds. The Kier molecular flexibility index (Phi) is 2.39. The first-order chi connectivity index (χ1) is 6.85. The van der Waals surface area contributed by atoms with Crippen LogP contribution in [0.2, 0.25) is 0 Å². The summed E-state index contributed by atoms with van der Waals surface area (Å²) >= 11 is 0. The molecule has 2 rings (SSSR count). The third-order valence-corrected chi connectivity index (χ3v) is 2.51. The molecule has 1 aromatic rings. The second-order valence-corrected chi connectivity index (χ2v) is 3.32. The summed E-state index contributed by atoms with van der Waals surface area (Å²) in [7, 11) is 1.89. The highest BCUT2D eigenvalue weighted by Gasteiger charge is 2.11. The molecule has 1 N–H and O–H groups in total. The maximum Gasteiger partial charge on any atom is 0.127 e. The quantitative estimate of drug-likeness (QED) is 0.771. The molecule has 0 unspecified atom stereocenters. The predicted molar refractivity (Wildman–Crippen MR) is 60.7 cm³/mol. The molecule has 0 saturated heterocycles. The molecule has 1 aromatic heterocycles. The van der Waals surface area contributed by atoms with Gasteiger partial charge in [0.05, 0.1) is 0 Å². The molecule has 1 aliphatic rings. The molecule has 0 aliphatic carbocycles. The molecule has 2 heterocycles. The number of fused-ring (bicyclic) bond motifs is 1. The first kappa shape index (κ1) is 9.06. The van der Waals surface area contributed by atoms with E-state index >= 15 is 0 Å². The van der Waals surface area contributed by atoms with Crippen LogP contribution in [-0.2, 0) is 0 Å². The van der Waals surface area contributed by atoms with E-state index in [9.17, 15) is 0 Å². The van der Waals surface area contributed by atoms with E-state index in [-0.39, 0.29) is 0 Å². The summed E-state index contributed by atoms with van der Waals surface area (Å²) in [5, 5.41) is 3.06. The lowest BCUT2D eigenvalue weighted by atomic mass is 10.1. The van der Waals surface area contributed by atoms with Gasteiger partial charge >= 0.3 is 0 Å². The molecular formula is C11H15N3. The summed E-state index contributed by atoms with van der Waals surface area (Å²) in [5.41, 5.74) is 2.48. The van der Waals surface area contributed by atoms with Crippen molar-refractivity contribution in [2.24, 2.45) is 0 Å². The highest BCUT2D eigenvalue weighted by Crippen LogP contribution is 2.26. The van der Waals surface area contributed by atoms with Gasteiger partial charge in [-0.1, -0.05) is 12.2 Å². The monoisotopic (exact) mass is 189 g/mol. The van der Waals surface area contributed by atoms with Crippen molar-refractivity contribution >= 4 is 17.6 Å². The minimum atomic E-state index is 0.928. The van der Waals surface area contributed by atoms with Gasteiger partial charge in [0.1, 0.15) is 5.82 Å². The van der Waals surface area contributed by atoms with Gasteiger partial charge in [0.15, 0.2) is 0 Å². The maximum atomic E-state index is 4.29. The summed E-state index contributed by atoms with van der Waals surface area (Å²) in [6.07, 6.45) is 6.22. The van der Waals surface area contributed by atoms with E-state index in [0.29, 0.717) is 0 Å². The van der Waals surface area contributed by atoms with Crippen LogP contribution in [0, 0.1) is 0 Å². The summed E-state index contributed by atoms with van der Waals surface area (Å²) in [4.78, 5) is 6.62. The average molecular weight is 189 g/mol. The summed E-state index contributed by atoms with van der Waals surface area (Å²) in [5.74, 6) is 0.928. The lowest BCUT2D eigenvalue weighted by molar-refractivity contribution is 0.896. The Balaban J connectivity index is 2.44. The van der Waals surface area contributed by atoms with E-state index in [1.165, 1.54) is 11.3 Å². The number of aromatic nitrogens is 1. The fraction of sp³-hybridized carbons (Fsp3) is 0.364. The van der Waals surface area contributed by atoms with Crippen LogP contribution in [0.5, 0.6) is 0 Å². The van der Waals surface area contributed by atoms with Crippen LogP contribution in [-0.4, -0.2) is 25.1 Å². The van der Waals surface area contributed by atoms with Crippen molar-refractivity contribution in [3.8, 4) is 0 Å². The zero-order valence-corrected chi connectivity index (χ0v) is 8.62. The van der Waals surface area contributed by atoms with Crippen LogP contribution in [0.3, 0.4) is 0 Å². The van der Waals surface area contributed by atoms with Crippen molar-refractivity contribution in [1.82, 2.24) is 4.98 Å². The topological polar surface area (TPSA) is 28.2 Å². The maximum absolute atomic E-state index is 4.29. The largest absolute Gasteiger partial charge is 0.373 e. The first-order valence-corrected chi connectivity index (χ1v) is 4.94. The zero-order valence-electron chi connectivity index (χ0n) is 8.62. The van der Waals surface area contributed by atoms with E-state index in [1.54, 1.807) is 0 Å². The number of anilines is 2. The minimum Gasteiger partial charge on any atom is -0.373 e. The van der Waals surface area contributed by atoms with Gasteiger partial charge in [-0.05, 0) is 6.92 Å². The van der Waals surface area contributed by atoms with Crippen LogP contribution < -0.4 is 10.2 Å². The fourth-order valence-corrected chi connectivity index (χ4v) is 1.70.